The highest BCUT2D eigenvalue weighted by Gasteiger charge is 2.11. The molecule has 1 heterocycles. The molecule has 0 aliphatic heterocycles. The zero-order valence-corrected chi connectivity index (χ0v) is 13.2. The molecule has 0 fully saturated rings. The maximum atomic E-state index is 12.5. The van der Waals surface area contributed by atoms with E-state index < -0.39 is 0 Å². The fourth-order valence-corrected chi connectivity index (χ4v) is 2.35. The first-order valence-corrected chi connectivity index (χ1v) is 7.06. The summed E-state index contributed by atoms with van der Waals surface area (Å²) in [4.78, 5) is 16.7. The molecule has 0 spiro atoms. The molecule has 0 radical (unpaired) electrons. The van der Waals surface area contributed by atoms with Crippen molar-refractivity contribution in [1.82, 2.24) is 9.55 Å². The van der Waals surface area contributed by atoms with Gasteiger partial charge in [-0.2, -0.15) is 0 Å². The highest BCUT2D eigenvalue weighted by atomic mass is 16.5. The van der Waals surface area contributed by atoms with Gasteiger partial charge in [-0.25, -0.2) is 4.98 Å². The van der Waals surface area contributed by atoms with Crippen molar-refractivity contribution in [2.75, 3.05) is 19.5 Å². The molecule has 0 aliphatic rings. The Hall–Kier alpha value is -3.02. The minimum Gasteiger partial charge on any atom is -0.497 e. The monoisotopic (exact) mass is 311 g/mol. The minimum atomic E-state index is -0.233. The number of anilines is 1. The van der Waals surface area contributed by atoms with E-state index in [-0.39, 0.29) is 5.91 Å². The van der Waals surface area contributed by atoms with Crippen LogP contribution in [0.3, 0.4) is 0 Å². The van der Waals surface area contributed by atoms with E-state index in [9.17, 15) is 4.79 Å². The van der Waals surface area contributed by atoms with E-state index in [0.717, 1.165) is 11.0 Å². The Morgan fingerprint density at radius 2 is 1.78 bits per heavy atom. The van der Waals surface area contributed by atoms with Crippen molar-refractivity contribution in [3.8, 4) is 11.5 Å². The summed E-state index contributed by atoms with van der Waals surface area (Å²) in [6.07, 6.45) is 1.74. The summed E-state index contributed by atoms with van der Waals surface area (Å²) in [6.45, 7) is 0. The average molecular weight is 311 g/mol. The van der Waals surface area contributed by atoms with E-state index in [0.29, 0.717) is 22.7 Å². The first-order chi connectivity index (χ1) is 11.1. The Labute approximate surface area is 133 Å². The highest BCUT2D eigenvalue weighted by molar-refractivity contribution is 6.05. The number of imidazole rings is 1. The van der Waals surface area contributed by atoms with Crippen LogP contribution in [-0.4, -0.2) is 29.7 Å². The molecule has 3 aromatic rings. The van der Waals surface area contributed by atoms with Crippen LogP contribution in [-0.2, 0) is 7.05 Å². The summed E-state index contributed by atoms with van der Waals surface area (Å²) in [5.41, 5.74) is 3.00. The number of aromatic nitrogens is 2. The third kappa shape index (κ3) is 2.96. The number of nitrogens with zero attached hydrogens (tertiary/aromatic N) is 2. The molecule has 0 atom stereocenters. The van der Waals surface area contributed by atoms with Gasteiger partial charge in [-0.1, -0.05) is 0 Å². The van der Waals surface area contributed by atoms with Crippen LogP contribution in [0.25, 0.3) is 11.0 Å². The number of benzene rings is 2. The molecule has 1 N–H and O–H groups in total. The Morgan fingerprint density at radius 1 is 1.09 bits per heavy atom. The second-order valence-corrected chi connectivity index (χ2v) is 5.11. The second-order valence-electron chi connectivity index (χ2n) is 5.11. The largest absolute Gasteiger partial charge is 0.497 e. The van der Waals surface area contributed by atoms with Gasteiger partial charge in [0.05, 0.1) is 31.6 Å². The summed E-state index contributed by atoms with van der Waals surface area (Å²) in [7, 11) is 5.01. The number of aryl methyl sites for hydroxylation is 1. The fraction of sp³-hybridized carbons (Fsp3) is 0.176. The average Bonchev–Trinajstić information content (AvgIpc) is 2.95. The van der Waals surface area contributed by atoms with Gasteiger partial charge >= 0.3 is 0 Å². The van der Waals surface area contributed by atoms with E-state index >= 15 is 0 Å². The molecule has 1 amide bonds. The number of ether oxygens (including phenoxy) is 2. The molecular weight excluding hydrogens is 294 g/mol. The maximum absolute atomic E-state index is 12.5. The zero-order valence-electron chi connectivity index (χ0n) is 13.2. The van der Waals surface area contributed by atoms with Crippen LogP contribution in [0.5, 0.6) is 11.5 Å². The molecule has 0 unspecified atom stereocenters. The first-order valence-electron chi connectivity index (χ1n) is 7.06. The second kappa shape index (κ2) is 6.00. The van der Waals surface area contributed by atoms with E-state index in [1.807, 2.05) is 29.8 Å². The van der Waals surface area contributed by atoms with Gasteiger partial charge in [0.15, 0.2) is 0 Å². The number of methoxy groups -OCH3 is 2. The quantitative estimate of drug-likeness (QED) is 0.804. The molecule has 118 valence electrons. The van der Waals surface area contributed by atoms with Crippen LogP contribution in [0, 0.1) is 0 Å². The molecule has 6 nitrogen and oxygen atoms in total. The van der Waals surface area contributed by atoms with Crippen LogP contribution in [0.4, 0.5) is 5.69 Å². The standard InChI is InChI=1S/C17H17N3O3/c1-20-10-18-15-5-4-12(8-16(15)20)19-17(21)11-6-13(22-2)9-14(7-11)23-3/h4-10H,1-3H3,(H,19,21). The molecule has 0 saturated carbocycles. The van der Waals surface area contributed by atoms with Gasteiger partial charge in [0.2, 0.25) is 0 Å². The van der Waals surface area contributed by atoms with Crippen molar-refractivity contribution in [2.24, 2.45) is 7.05 Å². The van der Waals surface area contributed by atoms with Gasteiger partial charge in [-0.15, -0.1) is 0 Å². The first kappa shape index (κ1) is 14.9. The van der Waals surface area contributed by atoms with Crippen LogP contribution < -0.4 is 14.8 Å². The third-order valence-corrected chi connectivity index (χ3v) is 3.60. The number of carbonyl (C=O) groups is 1. The number of carbonyl (C=O) groups excluding carboxylic acids is 1. The van der Waals surface area contributed by atoms with Gasteiger partial charge < -0.3 is 19.4 Å². The van der Waals surface area contributed by atoms with E-state index in [1.54, 1.807) is 38.7 Å². The van der Waals surface area contributed by atoms with Crippen molar-refractivity contribution < 1.29 is 14.3 Å². The van der Waals surface area contributed by atoms with Crippen LogP contribution in [0.2, 0.25) is 0 Å². The molecule has 6 heteroatoms. The Balaban J connectivity index is 1.89. The summed E-state index contributed by atoms with van der Waals surface area (Å²) in [6, 6.07) is 10.6. The Kier molecular flexibility index (Phi) is 3.89. The number of fused-ring (bicyclic) bond motifs is 1. The summed E-state index contributed by atoms with van der Waals surface area (Å²) < 4.78 is 12.3. The van der Waals surface area contributed by atoms with Crippen molar-refractivity contribution in [3.05, 3.63) is 48.3 Å². The van der Waals surface area contributed by atoms with Crippen LogP contribution >= 0.6 is 0 Å². The van der Waals surface area contributed by atoms with Gasteiger partial charge in [-0.05, 0) is 30.3 Å². The minimum absolute atomic E-state index is 0.233. The van der Waals surface area contributed by atoms with Crippen molar-refractivity contribution in [3.63, 3.8) is 0 Å². The molecule has 1 aromatic heterocycles. The van der Waals surface area contributed by atoms with Crippen molar-refractivity contribution in [2.45, 2.75) is 0 Å². The summed E-state index contributed by atoms with van der Waals surface area (Å²) >= 11 is 0. The topological polar surface area (TPSA) is 65.4 Å². The molecular formula is C17H17N3O3. The maximum Gasteiger partial charge on any atom is 0.255 e. The van der Waals surface area contributed by atoms with Crippen LogP contribution in [0.1, 0.15) is 10.4 Å². The lowest BCUT2D eigenvalue weighted by molar-refractivity contribution is 0.102. The number of rotatable bonds is 4. The fourth-order valence-electron chi connectivity index (χ4n) is 2.35. The number of hydrogen-bond donors (Lipinski definition) is 1. The molecule has 3 rings (SSSR count). The van der Waals surface area contributed by atoms with Crippen molar-refractivity contribution >= 4 is 22.6 Å². The molecule has 0 saturated heterocycles. The van der Waals surface area contributed by atoms with E-state index in [4.69, 9.17) is 9.47 Å². The molecule has 23 heavy (non-hydrogen) atoms. The van der Waals surface area contributed by atoms with E-state index in [2.05, 4.69) is 10.3 Å². The lowest BCUT2D eigenvalue weighted by Gasteiger charge is -2.09. The number of nitrogens with one attached hydrogen (secondary N) is 1. The smallest absolute Gasteiger partial charge is 0.255 e. The van der Waals surface area contributed by atoms with Gasteiger partial charge in [0, 0.05) is 24.4 Å². The molecule has 0 bridgehead atoms. The van der Waals surface area contributed by atoms with Gasteiger partial charge in [0.1, 0.15) is 11.5 Å². The highest BCUT2D eigenvalue weighted by Crippen LogP contribution is 2.24. The lowest BCUT2D eigenvalue weighted by atomic mass is 10.1. The Bertz CT molecular complexity index is 848. The van der Waals surface area contributed by atoms with Crippen LogP contribution in [0.15, 0.2) is 42.7 Å². The number of amides is 1. The predicted octanol–water partition coefficient (Wildman–Crippen LogP) is 2.84. The molecule has 0 aliphatic carbocycles. The number of hydrogen-bond acceptors (Lipinski definition) is 4. The van der Waals surface area contributed by atoms with E-state index in [1.165, 1.54) is 0 Å². The normalized spacial score (nSPS) is 10.6. The summed E-state index contributed by atoms with van der Waals surface area (Å²) in [5.74, 6) is 0.900. The SMILES string of the molecule is COc1cc(OC)cc(C(=O)Nc2ccc3ncn(C)c3c2)c1. The van der Waals surface area contributed by atoms with Gasteiger partial charge in [-0.3, -0.25) is 4.79 Å². The summed E-state index contributed by atoms with van der Waals surface area (Å²) in [5, 5.41) is 2.88. The molecule has 2 aromatic carbocycles. The predicted molar refractivity (Wildman–Crippen MR) is 88.2 cm³/mol. The third-order valence-electron chi connectivity index (χ3n) is 3.60. The zero-order chi connectivity index (χ0) is 16.4. The van der Waals surface area contributed by atoms with Gasteiger partial charge in [0.25, 0.3) is 5.91 Å². The van der Waals surface area contributed by atoms with Crippen molar-refractivity contribution in [1.29, 1.82) is 0 Å². The lowest BCUT2D eigenvalue weighted by Crippen LogP contribution is -2.12. The Morgan fingerprint density at radius 3 is 2.43 bits per heavy atom.